The molecule has 0 radical (unpaired) electrons. The molecule has 1 aromatic rings. The Balaban J connectivity index is 2.26. The first-order valence-electron chi connectivity index (χ1n) is 6.06. The molecule has 0 spiro atoms. The van der Waals surface area contributed by atoms with Gasteiger partial charge in [0, 0.05) is 24.3 Å². The Bertz CT molecular complexity index is 539. The smallest absolute Gasteiger partial charge is 0.152 e. The minimum absolute atomic E-state index is 0.0167. The van der Waals surface area contributed by atoms with Crippen LogP contribution >= 0.6 is 0 Å². The van der Waals surface area contributed by atoms with E-state index < -0.39 is 9.84 Å². The van der Waals surface area contributed by atoms with Crippen LogP contribution in [0.5, 0.6) is 0 Å². The van der Waals surface area contributed by atoms with Crippen LogP contribution in [-0.4, -0.2) is 38.1 Å². The Morgan fingerprint density at radius 2 is 2.17 bits per heavy atom. The molecule has 100 valence electrons. The molecule has 1 aliphatic heterocycles. The molecule has 2 rings (SSSR count). The third-order valence-electron chi connectivity index (χ3n) is 3.54. The van der Waals surface area contributed by atoms with Crippen LogP contribution in [0.1, 0.15) is 17.5 Å². The average Bonchev–Trinajstić information content (AvgIpc) is 2.68. The maximum absolute atomic E-state index is 11.5. The van der Waals surface area contributed by atoms with Gasteiger partial charge in [0.15, 0.2) is 9.84 Å². The topological polar surface area (TPSA) is 57.6 Å². The molecule has 18 heavy (non-hydrogen) atoms. The predicted molar refractivity (Wildman–Crippen MR) is 72.6 cm³/mol. The zero-order chi connectivity index (χ0) is 13.3. The van der Waals surface area contributed by atoms with Crippen molar-refractivity contribution >= 4 is 15.5 Å². The predicted octanol–water partition coefficient (Wildman–Crippen LogP) is 1.11. The lowest BCUT2D eigenvalue weighted by Gasteiger charge is -2.27. The lowest BCUT2D eigenvalue weighted by Crippen LogP contribution is -2.33. The zero-order valence-corrected chi connectivity index (χ0v) is 11.6. The number of hydrogen-bond donors (Lipinski definition) is 1. The first kappa shape index (κ1) is 13.4. The van der Waals surface area contributed by atoms with Gasteiger partial charge in [0.05, 0.1) is 18.1 Å². The van der Waals surface area contributed by atoms with Gasteiger partial charge in [-0.05, 0) is 19.4 Å². The summed E-state index contributed by atoms with van der Waals surface area (Å²) in [7, 11) is -0.982. The SMILES string of the molecule is Cc1ccc(N(C)C2CCS(=O)(=O)C2)c(CO)c1. The minimum Gasteiger partial charge on any atom is -0.392 e. The summed E-state index contributed by atoms with van der Waals surface area (Å²) in [5.74, 6) is 0.477. The molecule has 1 aliphatic rings. The van der Waals surface area contributed by atoms with Gasteiger partial charge >= 0.3 is 0 Å². The quantitative estimate of drug-likeness (QED) is 0.893. The molecule has 0 amide bonds. The first-order valence-corrected chi connectivity index (χ1v) is 7.89. The summed E-state index contributed by atoms with van der Waals surface area (Å²) in [6.07, 6.45) is 0.664. The van der Waals surface area contributed by atoms with Gasteiger partial charge in [-0.2, -0.15) is 0 Å². The van der Waals surface area contributed by atoms with E-state index in [-0.39, 0.29) is 24.2 Å². The van der Waals surface area contributed by atoms with Crippen molar-refractivity contribution in [2.24, 2.45) is 0 Å². The van der Waals surface area contributed by atoms with Crippen molar-refractivity contribution in [2.75, 3.05) is 23.5 Å². The van der Waals surface area contributed by atoms with E-state index in [1.54, 1.807) is 0 Å². The maximum atomic E-state index is 11.5. The summed E-state index contributed by atoms with van der Waals surface area (Å²) < 4.78 is 23.0. The number of rotatable bonds is 3. The van der Waals surface area contributed by atoms with Crippen LogP contribution < -0.4 is 4.90 Å². The molecule has 0 saturated carbocycles. The highest BCUT2D eigenvalue weighted by Crippen LogP contribution is 2.26. The Kier molecular flexibility index (Phi) is 3.64. The van der Waals surface area contributed by atoms with Crippen molar-refractivity contribution in [3.05, 3.63) is 29.3 Å². The van der Waals surface area contributed by atoms with Crippen molar-refractivity contribution in [1.82, 2.24) is 0 Å². The second kappa shape index (κ2) is 4.90. The number of aryl methyl sites for hydroxylation is 1. The van der Waals surface area contributed by atoms with Crippen molar-refractivity contribution < 1.29 is 13.5 Å². The largest absolute Gasteiger partial charge is 0.392 e. The third-order valence-corrected chi connectivity index (χ3v) is 5.29. The standard InChI is InChI=1S/C13H19NO3S/c1-10-3-4-13(11(7-10)8-15)14(2)12-5-6-18(16,17)9-12/h3-4,7,12,15H,5-6,8-9H2,1-2H3. The second-order valence-electron chi connectivity index (χ2n) is 4.96. The summed E-state index contributed by atoms with van der Waals surface area (Å²) >= 11 is 0. The van der Waals surface area contributed by atoms with Crippen LogP contribution in [0.4, 0.5) is 5.69 Å². The highest BCUT2D eigenvalue weighted by Gasteiger charge is 2.31. The van der Waals surface area contributed by atoms with E-state index in [0.29, 0.717) is 6.42 Å². The molecular formula is C13H19NO3S. The van der Waals surface area contributed by atoms with Gasteiger partial charge in [0.25, 0.3) is 0 Å². The molecule has 1 unspecified atom stereocenters. The molecular weight excluding hydrogens is 250 g/mol. The van der Waals surface area contributed by atoms with E-state index in [9.17, 15) is 13.5 Å². The normalized spacial score (nSPS) is 22.1. The summed E-state index contributed by atoms with van der Waals surface area (Å²) in [6.45, 7) is 1.95. The van der Waals surface area contributed by atoms with E-state index in [1.807, 2.05) is 37.1 Å². The zero-order valence-electron chi connectivity index (χ0n) is 10.8. The highest BCUT2D eigenvalue weighted by molar-refractivity contribution is 7.91. The molecule has 1 saturated heterocycles. The van der Waals surface area contributed by atoms with Crippen molar-refractivity contribution in [2.45, 2.75) is 26.0 Å². The number of nitrogens with zero attached hydrogens (tertiary/aromatic N) is 1. The fourth-order valence-corrected chi connectivity index (χ4v) is 4.24. The van der Waals surface area contributed by atoms with Gasteiger partial charge in [0.2, 0.25) is 0 Å². The van der Waals surface area contributed by atoms with Crippen molar-refractivity contribution in [1.29, 1.82) is 0 Å². The van der Waals surface area contributed by atoms with Crippen LogP contribution in [0.3, 0.4) is 0 Å². The number of sulfone groups is 1. The molecule has 1 heterocycles. The first-order chi connectivity index (χ1) is 8.43. The second-order valence-corrected chi connectivity index (χ2v) is 7.19. The van der Waals surface area contributed by atoms with Gasteiger partial charge in [-0.25, -0.2) is 8.42 Å². The van der Waals surface area contributed by atoms with Crippen LogP contribution in [0, 0.1) is 6.92 Å². The van der Waals surface area contributed by atoms with Gasteiger partial charge < -0.3 is 10.0 Å². The lowest BCUT2D eigenvalue weighted by atomic mass is 10.1. The lowest BCUT2D eigenvalue weighted by molar-refractivity contribution is 0.282. The van der Waals surface area contributed by atoms with E-state index in [2.05, 4.69) is 0 Å². The van der Waals surface area contributed by atoms with Gasteiger partial charge in [-0.3, -0.25) is 0 Å². The van der Waals surface area contributed by atoms with Gasteiger partial charge in [-0.1, -0.05) is 17.7 Å². The van der Waals surface area contributed by atoms with E-state index >= 15 is 0 Å². The maximum Gasteiger partial charge on any atom is 0.152 e. The number of anilines is 1. The summed E-state index contributed by atoms with van der Waals surface area (Å²) in [4.78, 5) is 1.98. The van der Waals surface area contributed by atoms with Crippen LogP contribution in [0.2, 0.25) is 0 Å². The highest BCUT2D eigenvalue weighted by atomic mass is 32.2. The van der Waals surface area contributed by atoms with Crippen molar-refractivity contribution in [3.63, 3.8) is 0 Å². The van der Waals surface area contributed by atoms with E-state index in [4.69, 9.17) is 0 Å². The third kappa shape index (κ3) is 2.67. The van der Waals surface area contributed by atoms with E-state index in [0.717, 1.165) is 16.8 Å². The molecule has 1 fully saturated rings. The van der Waals surface area contributed by atoms with Crippen molar-refractivity contribution in [3.8, 4) is 0 Å². The molecule has 0 bridgehead atoms. The van der Waals surface area contributed by atoms with Gasteiger partial charge in [-0.15, -0.1) is 0 Å². The Morgan fingerprint density at radius 1 is 1.44 bits per heavy atom. The molecule has 1 aromatic carbocycles. The van der Waals surface area contributed by atoms with Gasteiger partial charge in [0.1, 0.15) is 0 Å². The molecule has 1 atom stereocenters. The Labute approximate surface area is 108 Å². The molecule has 1 N–H and O–H groups in total. The summed E-state index contributed by atoms with van der Waals surface area (Å²) in [6, 6.07) is 5.89. The number of aliphatic hydroxyl groups excluding tert-OH is 1. The Hall–Kier alpha value is -1.07. The summed E-state index contributed by atoms with van der Waals surface area (Å²) in [5, 5.41) is 9.39. The molecule has 4 nitrogen and oxygen atoms in total. The van der Waals surface area contributed by atoms with Crippen LogP contribution in [-0.2, 0) is 16.4 Å². The average molecular weight is 269 g/mol. The van der Waals surface area contributed by atoms with Crippen LogP contribution in [0.15, 0.2) is 18.2 Å². The number of hydrogen-bond acceptors (Lipinski definition) is 4. The minimum atomic E-state index is -2.88. The monoisotopic (exact) mass is 269 g/mol. The summed E-state index contributed by atoms with van der Waals surface area (Å²) in [5.41, 5.74) is 2.86. The fourth-order valence-electron chi connectivity index (χ4n) is 2.46. The number of benzene rings is 1. The molecule has 0 aliphatic carbocycles. The molecule has 5 heteroatoms. The molecule has 0 aromatic heterocycles. The van der Waals surface area contributed by atoms with Crippen LogP contribution in [0.25, 0.3) is 0 Å². The Morgan fingerprint density at radius 3 is 2.72 bits per heavy atom. The fraction of sp³-hybridized carbons (Fsp3) is 0.538. The number of aliphatic hydroxyl groups is 1. The van der Waals surface area contributed by atoms with E-state index in [1.165, 1.54) is 0 Å².